The third-order valence-corrected chi connectivity index (χ3v) is 4.44. The van der Waals surface area contributed by atoms with Gasteiger partial charge in [-0.1, -0.05) is 13.8 Å². The van der Waals surface area contributed by atoms with Crippen molar-refractivity contribution in [2.75, 3.05) is 18.4 Å². The Morgan fingerprint density at radius 2 is 1.88 bits per heavy atom. The molecular formula is C18H24N6O. The zero-order chi connectivity index (χ0) is 17.6. The molecule has 0 atom stereocenters. The maximum atomic E-state index is 12.0. The van der Waals surface area contributed by atoms with Gasteiger partial charge in [0.1, 0.15) is 11.6 Å². The first kappa shape index (κ1) is 17.3. The number of likely N-dealkylation sites (tertiary alicyclic amines) is 1. The molecule has 0 aromatic carbocycles. The molecular weight excluding hydrogens is 316 g/mol. The average molecular weight is 340 g/mol. The highest BCUT2D eigenvalue weighted by Crippen LogP contribution is 2.22. The predicted octanol–water partition coefficient (Wildman–Crippen LogP) is 2.45. The third-order valence-electron chi connectivity index (χ3n) is 4.44. The van der Waals surface area contributed by atoms with Gasteiger partial charge in [-0.3, -0.25) is 14.8 Å². The van der Waals surface area contributed by atoms with Crippen LogP contribution in [0.2, 0.25) is 0 Å². The number of carbonyl (C=O) groups is 1. The molecule has 0 bridgehead atoms. The van der Waals surface area contributed by atoms with E-state index in [1.807, 2.05) is 24.9 Å². The first-order valence-electron chi connectivity index (χ1n) is 8.74. The highest BCUT2D eigenvalue weighted by Gasteiger charge is 2.24. The van der Waals surface area contributed by atoms with Gasteiger partial charge in [-0.25, -0.2) is 9.97 Å². The summed E-state index contributed by atoms with van der Waals surface area (Å²) in [6, 6.07) is 0. The van der Waals surface area contributed by atoms with E-state index in [9.17, 15) is 4.79 Å². The molecule has 1 aliphatic rings. The van der Waals surface area contributed by atoms with Crippen LogP contribution in [0.5, 0.6) is 0 Å². The number of hydrogen-bond donors (Lipinski definition) is 1. The summed E-state index contributed by atoms with van der Waals surface area (Å²) in [7, 11) is 0. The van der Waals surface area contributed by atoms with Crippen LogP contribution in [0.15, 0.2) is 31.0 Å². The molecule has 1 aliphatic heterocycles. The normalized spacial score (nSPS) is 15.4. The van der Waals surface area contributed by atoms with Crippen LogP contribution in [0.25, 0.3) is 0 Å². The van der Waals surface area contributed by atoms with E-state index in [1.165, 1.54) is 0 Å². The van der Waals surface area contributed by atoms with Gasteiger partial charge in [-0.05, 0) is 25.2 Å². The largest absolute Gasteiger partial charge is 0.342 e. The van der Waals surface area contributed by atoms with E-state index in [2.05, 4.69) is 25.3 Å². The van der Waals surface area contributed by atoms with Crippen LogP contribution < -0.4 is 5.32 Å². The van der Waals surface area contributed by atoms with Crippen molar-refractivity contribution in [2.45, 2.75) is 33.1 Å². The van der Waals surface area contributed by atoms with Crippen LogP contribution in [0.3, 0.4) is 0 Å². The van der Waals surface area contributed by atoms with E-state index < -0.39 is 0 Å². The van der Waals surface area contributed by atoms with Gasteiger partial charge in [-0.15, -0.1) is 0 Å². The minimum Gasteiger partial charge on any atom is -0.342 e. The summed E-state index contributed by atoms with van der Waals surface area (Å²) in [6.45, 7) is 5.62. The lowest BCUT2D eigenvalue weighted by Crippen LogP contribution is -2.41. The van der Waals surface area contributed by atoms with Crippen molar-refractivity contribution in [3.05, 3.63) is 36.7 Å². The second-order valence-electron chi connectivity index (χ2n) is 6.74. The molecule has 0 unspecified atom stereocenters. The number of amides is 1. The summed E-state index contributed by atoms with van der Waals surface area (Å²) in [5, 5.41) is 3.07. The number of rotatable bonds is 5. The number of nitrogens with one attached hydrogen (secondary N) is 1. The van der Waals surface area contributed by atoms with E-state index in [0.29, 0.717) is 17.6 Å². The van der Waals surface area contributed by atoms with Crippen LogP contribution in [0.1, 0.15) is 32.4 Å². The second kappa shape index (κ2) is 8.00. The van der Waals surface area contributed by atoms with E-state index in [0.717, 1.165) is 38.0 Å². The van der Waals surface area contributed by atoms with Crippen LogP contribution in [-0.2, 0) is 11.2 Å². The van der Waals surface area contributed by atoms with E-state index in [-0.39, 0.29) is 11.8 Å². The molecule has 3 rings (SSSR count). The van der Waals surface area contributed by atoms with Gasteiger partial charge in [0.15, 0.2) is 0 Å². The Kier molecular flexibility index (Phi) is 5.53. The van der Waals surface area contributed by atoms with Crippen LogP contribution >= 0.6 is 0 Å². The number of piperidine rings is 1. The molecule has 0 aliphatic carbocycles. The van der Waals surface area contributed by atoms with Crippen molar-refractivity contribution in [1.82, 2.24) is 24.8 Å². The molecule has 25 heavy (non-hydrogen) atoms. The van der Waals surface area contributed by atoms with Crippen LogP contribution in [0.4, 0.5) is 11.6 Å². The zero-order valence-corrected chi connectivity index (χ0v) is 14.7. The fourth-order valence-corrected chi connectivity index (χ4v) is 3.04. The summed E-state index contributed by atoms with van der Waals surface area (Å²) < 4.78 is 0. The Bertz CT molecular complexity index is 680. The first-order chi connectivity index (χ1) is 12.1. The molecule has 7 nitrogen and oxygen atoms in total. The highest BCUT2D eigenvalue weighted by atomic mass is 16.2. The van der Waals surface area contributed by atoms with Gasteiger partial charge in [0.05, 0.1) is 24.3 Å². The molecule has 2 aromatic heterocycles. The SMILES string of the molecule is CC(C)C(=O)N1CCC(Cc2cnc(Nc3cnccn3)cn2)CC1. The molecule has 1 N–H and O–H groups in total. The average Bonchev–Trinajstić information content (AvgIpc) is 2.64. The molecule has 0 spiro atoms. The standard InChI is InChI=1S/C18H24N6O/c1-13(2)18(25)24-7-3-14(4-8-24)9-15-10-22-17(12-21-15)23-16-11-19-5-6-20-16/h5-6,10-14H,3-4,7-9H2,1-2H3,(H,20,22,23). The molecule has 0 radical (unpaired) electrons. The number of hydrogen-bond acceptors (Lipinski definition) is 6. The Morgan fingerprint density at radius 1 is 1.12 bits per heavy atom. The van der Waals surface area contributed by atoms with Gasteiger partial charge in [0.25, 0.3) is 0 Å². The Balaban J connectivity index is 1.50. The fourth-order valence-electron chi connectivity index (χ4n) is 3.04. The van der Waals surface area contributed by atoms with Crippen LogP contribution in [0, 0.1) is 11.8 Å². The maximum absolute atomic E-state index is 12.0. The van der Waals surface area contributed by atoms with Gasteiger partial charge in [0.2, 0.25) is 5.91 Å². The van der Waals surface area contributed by atoms with Crippen LogP contribution in [-0.4, -0.2) is 43.8 Å². The summed E-state index contributed by atoms with van der Waals surface area (Å²) in [5.41, 5.74) is 0.985. The smallest absolute Gasteiger partial charge is 0.225 e. The third kappa shape index (κ3) is 4.71. The molecule has 0 saturated carbocycles. The number of anilines is 2. The summed E-state index contributed by atoms with van der Waals surface area (Å²) in [6.07, 6.45) is 11.4. The lowest BCUT2D eigenvalue weighted by Gasteiger charge is -2.33. The lowest BCUT2D eigenvalue weighted by atomic mass is 9.92. The summed E-state index contributed by atoms with van der Waals surface area (Å²) in [5.74, 6) is 2.20. The monoisotopic (exact) mass is 340 g/mol. The number of nitrogens with zero attached hydrogens (tertiary/aromatic N) is 5. The molecule has 1 amide bonds. The quantitative estimate of drug-likeness (QED) is 0.900. The minimum absolute atomic E-state index is 0.0803. The Labute approximate surface area is 147 Å². The topological polar surface area (TPSA) is 83.9 Å². The molecule has 2 aromatic rings. The van der Waals surface area contributed by atoms with Gasteiger partial charge in [0, 0.05) is 31.4 Å². The number of carbonyl (C=O) groups excluding carboxylic acids is 1. The van der Waals surface area contributed by atoms with Crippen molar-refractivity contribution < 1.29 is 4.79 Å². The van der Waals surface area contributed by atoms with Gasteiger partial charge in [-0.2, -0.15) is 0 Å². The Hall–Kier alpha value is -2.57. The predicted molar refractivity (Wildman–Crippen MR) is 95.2 cm³/mol. The van der Waals surface area contributed by atoms with Crippen molar-refractivity contribution in [1.29, 1.82) is 0 Å². The minimum atomic E-state index is 0.0803. The molecule has 1 fully saturated rings. The summed E-state index contributed by atoms with van der Waals surface area (Å²) >= 11 is 0. The van der Waals surface area contributed by atoms with E-state index >= 15 is 0 Å². The van der Waals surface area contributed by atoms with Gasteiger partial charge >= 0.3 is 0 Å². The van der Waals surface area contributed by atoms with E-state index in [4.69, 9.17) is 0 Å². The van der Waals surface area contributed by atoms with Crippen molar-refractivity contribution >= 4 is 17.5 Å². The highest BCUT2D eigenvalue weighted by molar-refractivity contribution is 5.78. The molecule has 1 saturated heterocycles. The molecule has 7 heteroatoms. The second-order valence-corrected chi connectivity index (χ2v) is 6.74. The van der Waals surface area contributed by atoms with Crippen molar-refractivity contribution in [3.8, 4) is 0 Å². The first-order valence-corrected chi connectivity index (χ1v) is 8.74. The van der Waals surface area contributed by atoms with Gasteiger partial charge < -0.3 is 10.2 Å². The molecule has 3 heterocycles. The summed E-state index contributed by atoms with van der Waals surface area (Å²) in [4.78, 5) is 31.1. The number of aromatic nitrogens is 4. The molecule has 132 valence electrons. The van der Waals surface area contributed by atoms with E-state index in [1.54, 1.807) is 24.8 Å². The Morgan fingerprint density at radius 3 is 2.48 bits per heavy atom. The zero-order valence-electron chi connectivity index (χ0n) is 14.7. The van der Waals surface area contributed by atoms with Crippen molar-refractivity contribution in [2.24, 2.45) is 11.8 Å². The lowest BCUT2D eigenvalue weighted by molar-refractivity contribution is -0.135. The maximum Gasteiger partial charge on any atom is 0.225 e. The van der Waals surface area contributed by atoms with Crippen molar-refractivity contribution in [3.63, 3.8) is 0 Å². The fraction of sp³-hybridized carbons (Fsp3) is 0.500.